The highest BCUT2D eigenvalue weighted by atomic mass is 32.1. The number of ether oxygens (including phenoxy) is 1. The van der Waals surface area contributed by atoms with Gasteiger partial charge in [0.05, 0.1) is 12.2 Å². The number of fused-ring (bicyclic) bond motifs is 3. The van der Waals surface area contributed by atoms with Crippen LogP contribution in [0.5, 0.6) is 0 Å². The normalized spacial score (nSPS) is 11.2. The number of benzene rings is 2. The molecule has 1 aliphatic carbocycles. The molecule has 4 nitrogen and oxygen atoms in total. The minimum absolute atomic E-state index is 0.0310. The van der Waals surface area contributed by atoms with Crippen LogP contribution < -0.4 is 0 Å². The van der Waals surface area contributed by atoms with E-state index in [1.165, 1.54) is 0 Å². The molecule has 0 unspecified atom stereocenters. The first-order valence-corrected chi connectivity index (χ1v) is 9.66. The summed E-state index contributed by atoms with van der Waals surface area (Å²) in [5.74, 6) is -0.414. The zero-order valence-corrected chi connectivity index (χ0v) is 15.8. The van der Waals surface area contributed by atoms with Crippen molar-refractivity contribution >= 4 is 22.9 Å². The molecule has 1 aromatic heterocycles. The summed E-state index contributed by atoms with van der Waals surface area (Å²) in [4.78, 5) is 12.8. The molecule has 2 aromatic carbocycles. The average Bonchev–Trinajstić information content (AvgIpc) is 3.36. The number of rotatable bonds is 3. The lowest BCUT2D eigenvalue weighted by Gasteiger charge is -2.12. The van der Waals surface area contributed by atoms with Crippen LogP contribution in [0.3, 0.4) is 0 Å². The largest absolute Gasteiger partial charge is 0.462 e. The molecule has 0 saturated carbocycles. The lowest BCUT2D eigenvalue weighted by atomic mass is 9.93. The molecule has 28 heavy (non-hydrogen) atoms. The van der Waals surface area contributed by atoms with Crippen molar-refractivity contribution in [3.63, 3.8) is 0 Å². The summed E-state index contributed by atoms with van der Waals surface area (Å²) in [6, 6.07) is 17.3. The van der Waals surface area contributed by atoms with E-state index in [0.29, 0.717) is 22.3 Å². The van der Waals surface area contributed by atoms with Gasteiger partial charge in [-0.2, -0.15) is 21.9 Å². The smallest absolute Gasteiger partial charge is 0.338 e. The van der Waals surface area contributed by atoms with Gasteiger partial charge in [-0.15, -0.1) is 0 Å². The maximum atomic E-state index is 12.8. The van der Waals surface area contributed by atoms with E-state index in [1.807, 2.05) is 65.4 Å². The molecule has 0 amide bonds. The van der Waals surface area contributed by atoms with Crippen LogP contribution in [0.4, 0.5) is 0 Å². The van der Waals surface area contributed by atoms with E-state index in [-0.39, 0.29) is 12.2 Å². The summed E-state index contributed by atoms with van der Waals surface area (Å²) in [7, 11) is 0. The molecule has 0 N–H and O–H groups in total. The zero-order chi connectivity index (χ0) is 19.7. The molecule has 0 fully saturated rings. The first-order chi connectivity index (χ1) is 13.7. The number of carbonyl (C=O) groups is 1. The fraction of sp³-hybridized carbons (Fsp3) is 0.0870. The van der Waals surface area contributed by atoms with Crippen LogP contribution in [0.1, 0.15) is 28.4 Å². The molecular formula is C23H14N2O2S. The van der Waals surface area contributed by atoms with Crippen LogP contribution in [0.15, 0.2) is 58.8 Å². The Labute approximate surface area is 166 Å². The number of thiophene rings is 1. The molecule has 4 rings (SSSR count). The Bertz CT molecular complexity index is 1190. The van der Waals surface area contributed by atoms with Crippen LogP contribution >= 0.6 is 11.3 Å². The van der Waals surface area contributed by atoms with Crippen molar-refractivity contribution in [2.75, 3.05) is 6.61 Å². The molecular weight excluding hydrogens is 368 g/mol. The second-order valence-corrected chi connectivity index (χ2v) is 6.98. The predicted octanol–water partition coefficient (Wildman–Crippen LogP) is 5.42. The minimum Gasteiger partial charge on any atom is -0.462 e. The maximum absolute atomic E-state index is 12.8. The lowest BCUT2D eigenvalue weighted by Crippen LogP contribution is -2.07. The van der Waals surface area contributed by atoms with E-state index >= 15 is 0 Å². The number of carbonyl (C=O) groups excluding carboxylic acids is 1. The topological polar surface area (TPSA) is 73.9 Å². The third-order valence-corrected chi connectivity index (χ3v) is 5.38. The average molecular weight is 382 g/mol. The molecule has 0 bridgehead atoms. The summed E-state index contributed by atoms with van der Waals surface area (Å²) in [6.07, 6.45) is 0. The number of nitriles is 2. The van der Waals surface area contributed by atoms with Crippen LogP contribution in [0.2, 0.25) is 0 Å². The zero-order valence-electron chi connectivity index (χ0n) is 15.0. The third-order valence-electron chi connectivity index (χ3n) is 4.70. The van der Waals surface area contributed by atoms with Gasteiger partial charge in [-0.3, -0.25) is 0 Å². The number of nitrogens with zero attached hydrogens (tertiary/aromatic N) is 2. The number of esters is 1. The van der Waals surface area contributed by atoms with E-state index in [9.17, 15) is 15.3 Å². The van der Waals surface area contributed by atoms with Crippen LogP contribution in [-0.2, 0) is 4.74 Å². The minimum atomic E-state index is -0.414. The van der Waals surface area contributed by atoms with Crippen LogP contribution in [0.25, 0.3) is 27.8 Å². The Balaban J connectivity index is 2.12. The molecule has 3 aromatic rings. The highest BCUT2D eigenvalue weighted by Crippen LogP contribution is 2.48. The van der Waals surface area contributed by atoms with Crippen LogP contribution in [0, 0.1) is 22.7 Å². The van der Waals surface area contributed by atoms with Crippen LogP contribution in [-0.4, -0.2) is 12.6 Å². The molecule has 0 spiro atoms. The summed E-state index contributed by atoms with van der Waals surface area (Å²) in [6.45, 7) is 2.03. The monoisotopic (exact) mass is 382 g/mol. The van der Waals surface area contributed by atoms with Gasteiger partial charge in [0.1, 0.15) is 17.7 Å². The van der Waals surface area contributed by atoms with E-state index in [0.717, 1.165) is 22.3 Å². The fourth-order valence-electron chi connectivity index (χ4n) is 3.57. The van der Waals surface area contributed by atoms with Gasteiger partial charge in [-0.25, -0.2) is 4.79 Å². The SMILES string of the molecule is CCOC(=O)c1cc(-c2ccsc2)cc2c1-c1ccccc1C2=C(C#N)C#N. The highest BCUT2D eigenvalue weighted by Gasteiger charge is 2.31. The van der Waals surface area contributed by atoms with Gasteiger partial charge in [0.25, 0.3) is 0 Å². The van der Waals surface area contributed by atoms with Gasteiger partial charge in [0.2, 0.25) is 0 Å². The van der Waals surface area contributed by atoms with Crippen molar-refractivity contribution in [2.45, 2.75) is 6.92 Å². The fourth-order valence-corrected chi connectivity index (χ4v) is 4.23. The Morgan fingerprint density at radius 1 is 1.04 bits per heavy atom. The van der Waals surface area contributed by atoms with Gasteiger partial charge in [-0.1, -0.05) is 24.3 Å². The van der Waals surface area contributed by atoms with Crippen molar-refractivity contribution in [3.8, 4) is 34.4 Å². The number of allylic oxidation sites excluding steroid dienone is 1. The van der Waals surface area contributed by atoms with Gasteiger partial charge in [0, 0.05) is 11.1 Å². The Morgan fingerprint density at radius 3 is 2.43 bits per heavy atom. The molecule has 134 valence electrons. The number of hydrogen-bond donors (Lipinski definition) is 0. The molecule has 0 radical (unpaired) electrons. The van der Waals surface area contributed by atoms with Gasteiger partial charge in [-0.05, 0) is 63.7 Å². The second kappa shape index (κ2) is 7.15. The third kappa shape index (κ3) is 2.70. The van der Waals surface area contributed by atoms with E-state index < -0.39 is 5.97 Å². The van der Waals surface area contributed by atoms with E-state index in [1.54, 1.807) is 18.3 Å². The summed E-state index contributed by atoms with van der Waals surface area (Å²) in [5, 5.41) is 23.0. The first-order valence-electron chi connectivity index (χ1n) is 8.72. The molecule has 5 heteroatoms. The van der Waals surface area contributed by atoms with Crippen molar-refractivity contribution in [2.24, 2.45) is 0 Å². The first kappa shape index (κ1) is 17.7. The summed E-state index contributed by atoms with van der Waals surface area (Å²) in [5.41, 5.74) is 5.91. The Morgan fingerprint density at radius 2 is 1.79 bits per heavy atom. The van der Waals surface area contributed by atoms with Gasteiger partial charge >= 0.3 is 5.97 Å². The van der Waals surface area contributed by atoms with Gasteiger partial charge < -0.3 is 4.74 Å². The molecule has 0 aliphatic heterocycles. The quantitative estimate of drug-likeness (QED) is 0.350. The second-order valence-electron chi connectivity index (χ2n) is 6.20. The Hall–Kier alpha value is -3.67. The highest BCUT2D eigenvalue weighted by molar-refractivity contribution is 7.08. The Kier molecular flexibility index (Phi) is 4.53. The molecule has 0 atom stereocenters. The predicted molar refractivity (Wildman–Crippen MR) is 108 cm³/mol. The van der Waals surface area contributed by atoms with Crippen molar-refractivity contribution in [1.82, 2.24) is 0 Å². The summed E-state index contributed by atoms with van der Waals surface area (Å²) < 4.78 is 5.31. The van der Waals surface area contributed by atoms with Crippen molar-refractivity contribution < 1.29 is 9.53 Å². The van der Waals surface area contributed by atoms with Crippen molar-refractivity contribution in [1.29, 1.82) is 10.5 Å². The lowest BCUT2D eigenvalue weighted by molar-refractivity contribution is 0.0527. The van der Waals surface area contributed by atoms with Gasteiger partial charge in [0.15, 0.2) is 0 Å². The van der Waals surface area contributed by atoms with Crippen molar-refractivity contribution in [3.05, 3.63) is 75.5 Å². The molecule has 1 aliphatic rings. The maximum Gasteiger partial charge on any atom is 0.338 e. The summed E-state index contributed by atoms with van der Waals surface area (Å²) >= 11 is 1.56. The molecule has 0 saturated heterocycles. The molecule has 1 heterocycles. The van der Waals surface area contributed by atoms with E-state index in [4.69, 9.17) is 4.74 Å². The van der Waals surface area contributed by atoms with E-state index in [2.05, 4.69) is 0 Å². The number of hydrogen-bond acceptors (Lipinski definition) is 5. The standard InChI is InChI=1S/C23H14N2O2S/c1-2-27-23(26)20-10-15(14-7-8-28-13-14)9-19-21(16(11-24)12-25)17-5-3-4-6-18(17)22(19)20/h3-10,13H,2H2,1H3.